The molecule has 0 saturated carbocycles. The zero-order chi connectivity index (χ0) is 20.8. The molecule has 0 spiro atoms. The van der Waals surface area contributed by atoms with Crippen LogP contribution < -0.4 is 9.64 Å². The van der Waals surface area contributed by atoms with Gasteiger partial charge in [0.15, 0.2) is 5.65 Å². The van der Waals surface area contributed by atoms with Crippen LogP contribution >= 0.6 is 0 Å². The SMILES string of the molecule is COc1cc(C)n(-c2cnn3ccc(N4CCCC4c4cc(F)ccc4F)nc23)n1. The van der Waals surface area contributed by atoms with Crippen molar-refractivity contribution < 1.29 is 13.5 Å². The van der Waals surface area contributed by atoms with Crippen LogP contribution in [-0.2, 0) is 0 Å². The van der Waals surface area contributed by atoms with E-state index in [1.807, 2.05) is 30.2 Å². The summed E-state index contributed by atoms with van der Waals surface area (Å²) in [6.07, 6.45) is 5.11. The number of rotatable bonds is 4. The van der Waals surface area contributed by atoms with Crippen LogP contribution in [0.3, 0.4) is 0 Å². The minimum absolute atomic E-state index is 0.270. The first-order valence-corrected chi connectivity index (χ1v) is 9.72. The standard InChI is InChI=1S/C21H20F2N6O/c1-13-10-20(30-2)26-29(13)18-12-24-28-9-7-19(25-21(18)28)27-8-3-4-17(27)15-11-14(22)5-6-16(15)23/h5-7,9-12,17H,3-4,8H2,1-2H3. The zero-order valence-corrected chi connectivity index (χ0v) is 16.6. The third-order valence-corrected chi connectivity index (χ3v) is 5.50. The zero-order valence-electron chi connectivity index (χ0n) is 16.6. The molecule has 0 bridgehead atoms. The van der Waals surface area contributed by atoms with E-state index in [9.17, 15) is 8.78 Å². The molecule has 0 aliphatic carbocycles. The van der Waals surface area contributed by atoms with Crippen LogP contribution in [0.2, 0.25) is 0 Å². The fraction of sp³-hybridized carbons (Fsp3) is 0.286. The summed E-state index contributed by atoms with van der Waals surface area (Å²) in [6, 6.07) is 7.00. The molecule has 5 rings (SSSR count). The molecule has 1 unspecified atom stereocenters. The van der Waals surface area contributed by atoms with Gasteiger partial charge in [-0.2, -0.15) is 5.10 Å². The molecule has 1 aliphatic rings. The van der Waals surface area contributed by atoms with Crippen molar-refractivity contribution in [2.24, 2.45) is 0 Å². The molecule has 0 N–H and O–H groups in total. The van der Waals surface area contributed by atoms with Gasteiger partial charge in [-0.25, -0.2) is 23.0 Å². The molecule has 0 amide bonds. The number of ether oxygens (including phenoxy) is 1. The Hall–Kier alpha value is -3.49. The highest BCUT2D eigenvalue weighted by atomic mass is 19.1. The monoisotopic (exact) mass is 410 g/mol. The van der Waals surface area contributed by atoms with Gasteiger partial charge in [0.2, 0.25) is 5.88 Å². The minimum Gasteiger partial charge on any atom is -0.480 e. The summed E-state index contributed by atoms with van der Waals surface area (Å²) < 4.78 is 36.8. The number of anilines is 1. The lowest BCUT2D eigenvalue weighted by Crippen LogP contribution is -2.24. The van der Waals surface area contributed by atoms with Crippen molar-refractivity contribution in [2.45, 2.75) is 25.8 Å². The van der Waals surface area contributed by atoms with E-state index in [4.69, 9.17) is 9.72 Å². The van der Waals surface area contributed by atoms with Crippen LogP contribution in [-0.4, -0.2) is 38.0 Å². The van der Waals surface area contributed by atoms with Crippen molar-refractivity contribution in [3.05, 3.63) is 65.6 Å². The molecule has 1 fully saturated rings. The van der Waals surface area contributed by atoms with E-state index in [-0.39, 0.29) is 6.04 Å². The number of hydrogen-bond acceptors (Lipinski definition) is 5. The summed E-state index contributed by atoms with van der Waals surface area (Å²) in [6.45, 7) is 2.63. The van der Waals surface area contributed by atoms with Gasteiger partial charge in [0.05, 0.1) is 19.3 Å². The lowest BCUT2D eigenvalue weighted by atomic mass is 10.0. The topological polar surface area (TPSA) is 60.5 Å². The lowest BCUT2D eigenvalue weighted by molar-refractivity contribution is 0.394. The second kappa shape index (κ2) is 7.08. The Bertz CT molecular complexity index is 1230. The predicted molar refractivity (Wildman–Crippen MR) is 107 cm³/mol. The van der Waals surface area contributed by atoms with E-state index in [0.717, 1.165) is 24.6 Å². The van der Waals surface area contributed by atoms with E-state index in [1.54, 1.807) is 22.5 Å². The first-order chi connectivity index (χ1) is 14.5. The number of methoxy groups -OCH3 is 1. The van der Waals surface area contributed by atoms with Gasteiger partial charge >= 0.3 is 0 Å². The van der Waals surface area contributed by atoms with Crippen molar-refractivity contribution in [2.75, 3.05) is 18.6 Å². The molecule has 9 heteroatoms. The van der Waals surface area contributed by atoms with Crippen molar-refractivity contribution >= 4 is 11.5 Å². The first kappa shape index (κ1) is 18.5. The van der Waals surface area contributed by atoms with E-state index < -0.39 is 11.6 Å². The molecule has 1 aromatic carbocycles. The Morgan fingerprint density at radius 1 is 1.17 bits per heavy atom. The molecule has 4 heterocycles. The molecule has 1 saturated heterocycles. The fourth-order valence-electron chi connectivity index (χ4n) is 4.08. The highest BCUT2D eigenvalue weighted by Crippen LogP contribution is 2.37. The number of fused-ring (bicyclic) bond motifs is 1. The minimum atomic E-state index is -0.442. The quantitative estimate of drug-likeness (QED) is 0.511. The van der Waals surface area contributed by atoms with Gasteiger partial charge in [-0.3, -0.25) is 0 Å². The van der Waals surface area contributed by atoms with Gasteiger partial charge in [0, 0.05) is 30.1 Å². The molecule has 1 aliphatic heterocycles. The fourth-order valence-corrected chi connectivity index (χ4v) is 4.08. The largest absolute Gasteiger partial charge is 0.480 e. The average Bonchev–Trinajstić information content (AvgIpc) is 3.47. The summed E-state index contributed by atoms with van der Waals surface area (Å²) in [5.74, 6) is 0.345. The first-order valence-electron chi connectivity index (χ1n) is 9.72. The summed E-state index contributed by atoms with van der Waals surface area (Å²) in [5.41, 5.74) is 2.57. The molecule has 7 nitrogen and oxygen atoms in total. The molecule has 0 radical (unpaired) electrons. The van der Waals surface area contributed by atoms with Crippen molar-refractivity contribution in [3.8, 4) is 11.6 Å². The predicted octanol–water partition coefficient (Wildman–Crippen LogP) is 3.85. The molecule has 3 aromatic heterocycles. The average molecular weight is 410 g/mol. The molecule has 1 atom stereocenters. The van der Waals surface area contributed by atoms with E-state index in [1.165, 1.54) is 12.1 Å². The third kappa shape index (κ3) is 2.97. The Morgan fingerprint density at radius 3 is 2.83 bits per heavy atom. The molecular formula is C21H20F2N6O. The van der Waals surface area contributed by atoms with Crippen LogP contribution in [0.1, 0.15) is 30.1 Å². The maximum Gasteiger partial charge on any atom is 0.233 e. The van der Waals surface area contributed by atoms with Gasteiger partial charge < -0.3 is 9.64 Å². The van der Waals surface area contributed by atoms with Crippen LogP contribution in [0.4, 0.5) is 14.6 Å². The Balaban J connectivity index is 1.57. The number of hydrogen-bond donors (Lipinski definition) is 0. The van der Waals surface area contributed by atoms with Gasteiger partial charge in [0.1, 0.15) is 23.1 Å². The van der Waals surface area contributed by atoms with E-state index in [0.29, 0.717) is 35.1 Å². The Morgan fingerprint density at radius 2 is 2.03 bits per heavy atom. The maximum absolute atomic E-state index is 14.4. The maximum atomic E-state index is 14.4. The second-order valence-corrected chi connectivity index (χ2v) is 7.34. The number of halogens is 2. The Kier molecular flexibility index (Phi) is 4.38. The van der Waals surface area contributed by atoms with E-state index in [2.05, 4.69) is 10.2 Å². The summed E-state index contributed by atoms with van der Waals surface area (Å²) in [4.78, 5) is 6.83. The normalized spacial score (nSPS) is 16.5. The van der Waals surface area contributed by atoms with Crippen molar-refractivity contribution in [1.29, 1.82) is 0 Å². The van der Waals surface area contributed by atoms with Crippen LogP contribution in [0.25, 0.3) is 11.3 Å². The number of aryl methyl sites for hydroxylation is 1. The molecule has 30 heavy (non-hydrogen) atoms. The third-order valence-electron chi connectivity index (χ3n) is 5.50. The van der Waals surface area contributed by atoms with E-state index >= 15 is 0 Å². The summed E-state index contributed by atoms with van der Waals surface area (Å²) in [5, 5.41) is 8.79. The highest BCUT2D eigenvalue weighted by Gasteiger charge is 2.30. The van der Waals surface area contributed by atoms with Crippen molar-refractivity contribution in [3.63, 3.8) is 0 Å². The lowest BCUT2D eigenvalue weighted by Gasteiger charge is -2.26. The highest BCUT2D eigenvalue weighted by molar-refractivity contribution is 5.62. The summed E-state index contributed by atoms with van der Waals surface area (Å²) >= 11 is 0. The van der Waals surface area contributed by atoms with Gasteiger partial charge in [-0.15, -0.1) is 5.10 Å². The second-order valence-electron chi connectivity index (χ2n) is 7.34. The van der Waals surface area contributed by atoms with Gasteiger partial charge in [-0.1, -0.05) is 0 Å². The summed E-state index contributed by atoms with van der Waals surface area (Å²) in [7, 11) is 1.57. The molecular weight excluding hydrogens is 390 g/mol. The van der Waals surface area contributed by atoms with Crippen LogP contribution in [0.5, 0.6) is 5.88 Å². The Labute approximate surface area is 171 Å². The smallest absolute Gasteiger partial charge is 0.233 e. The number of nitrogens with zero attached hydrogens (tertiary/aromatic N) is 6. The van der Waals surface area contributed by atoms with Gasteiger partial charge in [0.25, 0.3) is 0 Å². The number of benzene rings is 1. The van der Waals surface area contributed by atoms with Gasteiger partial charge in [-0.05, 0) is 44.0 Å². The van der Waals surface area contributed by atoms with Crippen LogP contribution in [0, 0.1) is 18.6 Å². The molecule has 4 aromatic rings. The number of aromatic nitrogens is 5. The molecule has 154 valence electrons. The van der Waals surface area contributed by atoms with Crippen LogP contribution in [0.15, 0.2) is 42.7 Å². The van der Waals surface area contributed by atoms with Crippen molar-refractivity contribution in [1.82, 2.24) is 24.4 Å².